The van der Waals surface area contributed by atoms with Gasteiger partial charge >= 0.3 is 5.97 Å². The minimum absolute atomic E-state index is 0.243. The summed E-state index contributed by atoms with van der Waals surface area (Å²) >= 11 is 0. The average Bonchev–Trinajstić information content (AvgIpc) is 2.76. The van der Waals surface area contributed by atoms with Gasteiger partial charge in [0.25, 0.3) is 0 Å². The Morgan fingerprint density at radius 1 is 1.05 bits per heavy atom. The third kappa shape index (κ3) is 3.23. The van der Waals surface area contributed by atoms with Crippen LogP contribution in [0.3, 0.4) is 0 Å². The second-order valence-corrected chi connectivity index (χ2v) is 4.67. The summed E-state index contributed by atoms with van der Waals surface area (Å²) in [5, 5.41) is 8.15. The predicted molar refractivity (Wildman–Crippen MR) is 80.0 cm³/mol. The quantitative estimate of drug-likeness (QED) is 0.799. The molecular weight excluding hydrogens is 264 g/mol. The van der Waals surface area contributed by atoms with E-state index in [1.165, 1.54) is 0 Å². The van der Waals surface area contributed by atoms with E-state index in [1.54, 1.807) is 6.08 Å². The zero-order valence-corrected chi connectivity index (χ0v) is 11.3. The molecule has 104 valence electrons. The highest BCUT2D eigenvalue weighted by atomic mass is 16.5. The smallest absolute Gasteiger partial charge is 0.337 e. The highest BCUT2D eigenvalue weighted by molar-refractivity contribution is 5.81. The van der Waals surface area contributed by atoms with E-state index >= 15 is 0 Å². The van der Waals surface area contributed by atoms with Crippen LogP contribution in [0.25, 0.3) is 6.08 Å². The Morgan fingerprint density at radius 2 is 1.81 bits per heavy atom. The summed E-state index contributed by atoms with van der Waals surface area (Å²) in [6, 6.07) is 16.5. The van der Waals surface area contributed by atoms with Crippen LogP contribution in [0.15, 0.2) is 70.9 Å². The average molecular weight is 278 g/mol. The van der Waals surface area contributed by atoms with E-state index in [9.17, 15) is 4.79 Å². The summed E-state index contributed by atoms with van der Waals surface area (Å²) in [6.45, 7) is 0.243. The molecule has 4 nitrogen and oxygen atoms in total. The van der Waals surface area contributed by atoms with Crippen molar-refractivity contribution in [3.05, 3.63) is 71.8 Å². The Balaban J connectivity index is 1.67. The molecule has 0 saturated heterocycles. The number of esters is 1. The van der Waals surface area contributed by atoms with E-state index < -0.39 is 12.0 Å². The number of ether oxygens (including phenoxy) is 1. The molecule has 1 aliphatic heterocycles. The number of carbonyl (C=O) groups is 1. The van der Waals surface area contributed by atoms with Crippen LogP contribution in [-0.4, -0.2) is 12.0 Å². The Bertz CT molecular complexity index is 660. The molecule has 2 aromatic rings. The Kier molecular flexibility index (Phi) is 3.87. The van der Waals surface area contributed by atoms with Crippen molar-refractivity contribution in [3.63, 3.8) is 0 Å². The van der Waals surface area contributed by atoms with Crippen LogP contribution in [0, 0.1) is 0 Å². The molecule has 0 fully saturated rings. The summed E-state index contributed by atoms with van der Waals surface area (Å²) in [7, 11) is 0. The van der Waals surface area contributed by atoms with E-state index in [1.807, 2.05) is 60.7 Å². The van der Waals surface area contributed by atoms with Crippen LogP contribution in [0.2, 0.25) is 0 Å². The number of nitrogens with zero attached hydrogens (tertiary/aromatic N) is 2. The van der Waals surface area contributed by atoms with E-state index in [4.69, 9.17) is 4.74 Å². The minimum Gasteiger partial charge on any atom is -0.459 e. The van der Waals surface area contributed by atoms with Crippen molar-refractivity contribution >= 4 is 17.7 Å². The first-order valence-corrected chi connectivity index (χ1v) is 6.71. The van der Waals surface area contributed by atoms with E-state index in [-0.39, 0.29) is 6.61 Å². The Labute approximate surface area is 122 Å². The van der Waals surface area contributed by atoms with Crippen molar-refractivity contribution in [1.82, 2.24) is 0 Å². The summed E-state index contributed by atoms with van der Waals surface area (Å²) in [5.41, 5.74) is 2.65. The van der Waals surface area contributed by atoms with Gasteiger partial charge in [0.05, 0.1) is 5.69 Å². The lowest BCUT2D eigenvalue weighted by Crippen LogP contribution is -2.18. The number of fused-ring (bicyclic) bond motifs is 1. The zero-order chi connectivity index (χ0) is 14.5. The normalized spacial score (nSPS) is 16.1. The van der Waals surface area contributed by atoms with Gasteiger partial charge in [0.2, 0.25) is 0 Å². The highest BCUT2D eigenvalue weighted by Crippen LogP contribution is 2.24. The molecule has 0 aromatic heterocycles. The third-order valence-corrected chi connectivity index (χ3v) is 3.15. The first-order chi connectivity index (χ1) is 10.3. The van der Waals surface area contributed by atoms with Crippen molar-refractivity contribution in [2.45, 2.75) is 12.6 Å². The molecule has 1 atom stereocenters. The highest BCUT2D eigenvalue weighted by Gasteiger charge is 2.18. The van der Waals surface area contributed by atoms with Crippen LogP contribution in [0.1, 0.15) is 11.1 Å². The van der Waals surface area contributed by atoms with Crippen LogP contribution < -0.4 is 0 Å². The molecule has 0 spiro atoms. The maximum Gasteiger partial charge on any atom is 0.337 e. The number of azo groups is 1. The zero-order valence-electron chi connectivity index (χ0n) is 11.3. The summed E-state index contributed by atoms with van der Waals surface area (Å²) < 4.78 is 5.28. The molecule has 0 amide bonds. The van der Waals surface area contributed by atoms with Gasteiger partial charge in [-0.15, -0.1) is 0 Å². The number of rotatable bonds is 3. The number of hydrogen-bond donors (Lipinski definition) is 0. The first-order valence-electron chi connectivity index (χ1n) is 6.71. The summed E-state index contributed by atoms with van der Waals surface area (Å²) in [4.78, 5) is 12.0. The van der Waals surface area contributed by atoms with E-state index in [0.29, 0.717) is 0 Å². The second kappa shape index (κ2) is 6.13. The lowest BCUT2D eigenvalue weighted by molar-refractivity contribution is -0.145. The predicted octanol–water partition coefficient (Wildman–Crippen LogP) is 3.91. The van der Waals surface area contributed by atoms with Crippen LogP contribution in [0.5, 0.6) is 0 Å². The molecule has 0 bridgehead atoms. The van der Waals surface area contributed by atoms with Crippen molar-refractivity contribution in [3.8, 4) is 0 Å². The number of hydrogen-bond acceptors (Lipinski definition) is 4. The fraction of sp³-hybridized carbons (Fsp3) is 0.118. The van der Waals surface area contributed by atoms with Crippen molar-refractivity contribution in [2.75, 3.05) is 0 Å². The van der Waals surface area contributed by atoms with E-state index in [0.717, 1.165) is 16.8 Å². The van der Waals surface area contributed by atoms with Crippen LogP contribution >= 0.6 is 0 Å². The lowest BCUT2D eigenvalue weighted by Gasteiger charge is -2.07. The molecule has 4 heteroatoms. The Hall–Kier alpha value is -2.75. The van der Waals surface area contributed by atoms with Gasteiger partial charge in [0, 0.05) is 5.56 Å². The molecule has 2 aromatic carbocycles. The van der Waals surface area contributed by atoms with Crippen molar-refractivity contribution in [1.29, 1.82) is 0 Å². The Morgan fingerprint density at radius 3 is 2.67 bits per heavy atom. The molecule has 0 aliphatic carbocycles. The van der Waals surface area contributed by atoms with Gasteiger partial charge in [-0.05, 0) is 17.7 Å². The molecule has 3 rings (SSSR count). The molecular formula is C17H14N2O2. The van der Waals surface area contributed by atoms with E-state index in [2.05, 4.69) is 10.2 Å². The molecule has 1 aliphatic rings. The standard InChI is InChI=1S/C17H14N2O2/c20-17(21-12-13-6-2-1-3-7-13)16-11-10-14-8-4-5-9-15(14)18-19-16/h1-11,16H,12H2. The second-order valence-electron chi connectivity index (χ2n) is 4.67. The maximum absolute atomic E-state index is 12.0. The molecule has 0 saturated carbocycles. The fourth-order valence-corrected chi connectivity index (χ4v) is 2.02. The van der Waals surface area contributed by atoms with Gasteiger partial charge in [-0.2, -0.15) is 10.2 Å². The van der Waals surface area contributed by atoms with Gasteiger partial charge in [0.1, 0.15) is 6.61 Å². The van der Waals surface area contributed by atoms with Crippen molar-refractivity contribution in [2.24, 2.45) is 10.2 Å². The summed E-state index contributed by atoms with van der Waals surface area (Å²) in [6.07, 6.45) is 3.56. The van der Waals surface area contributed by atoms with Gasteiger partial charge in [-0.1, -0.05) is 54.6 Å². The van der Waals surface area contributed by atoms with Crippen LogP contribution in [-0.2, 0) is 16.1 Å². The molecule has 21 heavy (non-hydrogen) atoms. The molecule has 1 unspecified atom stereocenters. The van der Waals surface area contributed by atoms with Gasteiger partial charge in [-0.25, -0.2) is 4.79 Å². The first kappa shape index (κ1) is 13.2. The van der Waals surface area contributed by atoms with Gasteiger partial charge < -0.3 is 4.74 Å². The number of benzene rings is 2. The monoisotopic (exact) mass is 278 g/mol. The third-order valence-electron chi connectivity index (χ3n) is 3.15. The lowest BCUT2D eigenvalue weighted by atomic mass is 10.1. The summed E-state index contributed by atoms with van der Waals surface area (Å²) in [5.74, 6) is -0.397. The number of carbonyl (C=O) groups excluding carboxylic acids is 1. The van der Waals surface area contributed by atoms with Crippen LogP contribution in [0.4, 0.5) is 5.69 Å². The van der Waals surface area contributed by atoms with Crippen molar-refractivity contribution < 1.29 is 9.53 Å². The maximum atomic E-state index is 12.0. The molecule has 1 heterocycles. The molecule has 0 N–H and O–H groups in total. The molecule has 0 radical (unpaired) electrons. The van der Waals surface area contributed by atoms with Gasteiger partial charge in [-0.3, -0.25) is 0 Å². The minimum atomic E-state index is -0.693. The van der Waals surface area contributed by atoms with Gasteiger partial charge in [0.15, 0.2) is 6.04 Å². The topological polar surface area (TPSA) is 51.0 Å². The SMILES string of the molecule is O=C(OCc1ccccc1)C1C=Cc2ccccc2N=N1. The fourth-order valence-electron chi connectivity index (χ4n) is 2.02. The largest absolute Gasteiger partial charge is 0.459 e.